The fraction of sp³-hybridized carbons (Fsp3) is 0.500. The van der Waals surface area contributed by atoms with E-state index in [1.165, 1.54) is 19.4 Å². The lowest BCUT2D eigenvalue weighted by atomic mass is 10.1. The molecular formula is C16H26N8O6. The molecule has 0 aromatic carbocycles. The lowest BCUT2D eigenvalue weighted by Gasteiger charge is -2.22. The van der Waals surface area contributed by atoms with Crippen molar-refractivity contribution in [1.29, 1.82) is 0 Å². The molecule has 1 aromatic rings. The lowest BCUT2D eigenvalue weighted by molar-refractivity contribution is -0.142. The molecule has 3 atom stereocenters. The van der Waals surface area contributed by atoms with Gasteiger partial charge >= 0.3 is 5.97 Å². The number of hydrogen-bond acceptors (Lipinski definition) is 8. The summed E-state index contributed by atoms with van der Waals surface area (Å²) in [6, 6.07) is -3.89. The molecule has 0 saturated heterocycles. The van der Waals surface area contributed by atoms with E-state index in [0.717, 1.165) is 0 Å². The Morgan fingerprint density at radius 1 is 1.07 bits per heavy atom. The van der Waals surface area contributed by atoms with Gasteiger partial charge < -0.3 is 43.2 Å². The predicted octanol–water partition coefficient (Wildman–Crippen LogP) is -3.98. The van der Waals surface area contributed by atoms with Crippen molar-refractivity contribution in [2.45, 2.75) is 50.5 Å². The van der Waals surface area contributed by atoms with E-state index in [4.69, 9.17) is 17.2 Å². The van der Waals surface area contributed by atoms with Crippen LogP contribution >= 0.6 is 0 Å². The van der Waals surface area contributed by atoms with Gasteiger partial charge in [0, 0.05) is 18.3 Å². The van der Waals surface area contributed by atoms with Crippen LogP contribution in [-0.4, -0.2) is 69.0 Å². The Hall–Kier alpha value is -3.52. The third kappa shape index (κ3) is 8.66. The smallest absolute Gasteiger partial charge is 0.326 e. The molecule has 14 heteroatoms. The van der Waals surface area contributed by atoms with Gasteiger partial charge in [-0.2, -0.15) is 0 Å². The molecule has 0 aliphatic carbocycles. The van der Waals surface area contributed by atoms with Crippen LogP contribution in [0.4, 0.5) is 0 Å². The number of H-pyrrole nitrogens is 1. The number of amides is 4. The van der Waals surface area contributed by atoms with E-state index in [9.17, 15) is 29.1 Å². The molecule has 0 aliphatic heterocycles. The van der Waals surface area contributed by atoms with Gasteiger partial charge in [0.25, 0.3) is 0 Å². The van der Waals surface area contributed by atoms with Gasteiger partial charge in [-0.3, -0.25) is 19.2 Å². The zero-order chi connectivity index (χ0) is 22.8. The lowest BCUT2D eigenvalue weighted by Crippen LogP contribution is -2.56. The van der Waals surface area contributed by atoms with Crippen molar-refractivity contribution in [3.8, 4) is 0 Å². The third-order valence-electron chi connectivity index (χ3n) is 3.82. The zero-order valence-electron chi connectivity index (χ0n) is 16.3. The van der Waals surface area contributed by atoms with E-state index in [2.05, 4.69) is 25.9 Å². The number of aliphatic carboxylic acids is 1. The third-order valence-corrected chi connectivity index (χ3v) is 3.82. The van der Waals surface area contributed by atoms with E-state index in [-0.39, 0.29) is 12.8 Å². The zero-order valence-corrected chi connectivity index (χ0v) is 16.3. The maximum atomic E-state index is 12.5. The second kappa shape index (κ2) is 11.5. The average molecular weight is 426 g/mol. The Morgan fingerprint density at radius 2 is 1.70 bits per heavy atom. The van der Waals surface area contributed by atoms with Gasteiger partial charge in [-0.1, -0.05) is 0 Å². The predicted molar refractivity (Wildman–Crippen MR) is 102 cm³/mol. The number of nitrogens with two attached hydrogens (primary N) is 3. The topological polar surface area (TPSA) is 248 Å². The fourth-order valence-corrected chi connectivity index (χ4v) is 2.38. The molecule has 0 aliphatic rings. The summed E-state index contributed by atoms with van der Waals surface area (Å²) in [5, 5.41) is 16.2. The molecule has 0 radical (unpaired) electrons. The normalized spacial score (nSPS) is 13.7. The van der Waals surface area contributed by atoms with Crippen LogP contribution in [0.5, 0.6) is 0 Å². The van der Waals surface area contributed by atoms with Gasteiger partial charge in [-0.05, 0) is 6.92 Å². The maximum Gasteiger partial charge on any atom is 0.326 e. The number of imidazole rings is 1. The first-order valence-electron chi connectivity index (χ1n) is 8.89. The first-order chi connectivity index (χ1) is 14.0. The summed E-state index contributed by atoms with van der Waals surface area (Å²) in [5.74, 6) is -4.55. The highest BCUT2D eigenvalue weighted by atomic mass is 16.4. The van der Waals surface area contributed by atoms with Crippen LogP contribution in [0.15, 0.2) is 12.5 Å². The summed E-state index contributed by atoms with van der Waals surface area (Å²) in [5.41, 5.74) is 16.2. The summed E-state index contributed by atoms with van der Waals surface area (Å²) >= 11 is 0. The largest absolute Gasteiger partial charge is 0.480 e. The number of carboxylic acids is 1. The van der Waals surface area contributed by atoms with E-state index in [0.29, 0.717) is 5.69 Å². The molecule has 166 valence electrons. The number of nitrogens with one attached hydrogen (secondary N) is 4. The standard InChI is InChI=1S/C16H26N8O6/c1-7(22-13(26)4-11(17)18)14(27)23-9(3-12(19)25)15(28)24-10(16(29)30)2-8-5-20-6-21-8/h5-7,9-11H,2-4,17-18H2,1H3,(H2,19,25)(H,20,21)(H,22,26)(H,23,27)(H,24,28)(H,29,30)/t7-,9-,10-/m0/s1. The molecule has 11 N–H and O–H groups in total. The van der Waals surface area contributed by atoms with Crippen molar-refractivity contribution in [3.05, 3.63) is 18.2 Å². The number of carbonyl (C=O) groups is 5. The van der Waals surface area contributed by atoms with Crippen molar-refractivity contribution in [1.82, 2.24) is 25.9 Å². The highest BCUT2D eigenvalue weighted by molar-refractivity contribution is 5.95. The summed E-state index contributed by atoms with van der Waals surface area (Å²) in [6.45, 7) is 1.34. The first kappa shape index (κ1) is 24.5. The van der Waals surface area contributed by atoms with Gasteiger partial charge in [0.1, 0.15) is 18.1 Å². The molecule has 0 saturated carbocycles. The van der Waals surface area contributed by atoms with Gasteiger partial charge in [0.05, 0.1) is 25.3 Å². The van der Waals surface area contributed by atoms with Gasteiger partial charge in [-0.25, -0.2) is 9.78 Å². The van der Waals surface area contributed by atoms with E-state index in [1.54, 1.807) is 0 Å². The monoisotopic (exact) mass is 426 g/mol. The molecule has 0 unspecified atom stereocenters. The highest BCUT2D eigenvalue weighted by Crippen LogP contribution is 2.02. The summed E-state index contributed by atoms with van der Waals surface area (Å²) in [6.07, 6.45) is 0.918. The molecule has 1 aromatic heterocycles. The summed E-state index contributed by atoms with van der Waals surface area (Å²) in [7, 11) is 0. The number of carbonyl (C=O) groups excluding carboxylic acids is 4. The van der Waals surface area contributed by atoms with E-state index >= 15 is 0 Å². The van der Waals surface area contributed by atoms with E-state index in [1.807, 2.05) is 0 Å². The number of rotatable bonds is 12. The summed E-state index contributed by atoms with van der Waals surface area (Å²) < 4.78 is 0. The minimum atomic E-state index is -1.45. The van der Waals surface area contributed by atoms with Crippen molar-refractivity contribution < 1.29 is 29.1 Å². The van der Waals surface area contributed by atoms with Gasteiger partial charge in [0.2, 0.25) is 23.6 Å². The summed E-state index contributed by atoms with van der Waals surface area (Å²) in [4.78, 5) is 65.7. The quantitative estimate of drug-likeness (QED) is 0.151. The highest BCUT2D eigenvalue weighted by Gasteiger charge is 2.29. The average Bonchev–Trinajstić information content (AvgIpc) is 3.12. The molecule has 0 fully saturated rings. The van der Waals surface area contributed by atoms with Crippen LogP contribution in [0, 0.1) is 0 Å². The minimum Gasteiger partial charge on any atom is -0.480 e. The second-order valence-electron chi connectivity index (χ2n) is 6.57. The Kier molecular flexibility index (Phi) is 9.38. The van der Waals surface area contributed by atoms with Crippen LogP contribution in [0.1, 0.15) is 25.5 Å². The molecule has 1 rings (SSSR count). The number of primary amides is 1. The van der Waals surface area contributed by atoms with Crippen molar-refractivity contribution in [2.75, 3.05) is 0 Å². The Bertz CT molecular complexity index is 766. The molecule has 14 nitrogen and oxygen atoms in total. The van der Waals surface area contributed by atoms with Crippen molar-refractivity contribution in [3.63, 3.8) is 0 Å². The Labute approximate surface area is 171 Å². The molecule has 1 heterocycles. The van der Waals surface area contributed by atoms with Crippen molar-refractivity contribution >= 4 is 29.6 Å². The van der Waals surface area contributed by atoms with Crippen LogP contribution < -0.4 is 33.2 Å². The maximum absolute atomic E-state index is 12.5. The first-order valence-corrected chi connectivity index (χ1v) is 8.89. The second-order valence-corrected chi connectivity index (χ2v) is 6.57. The molecule has 0 bridgehead atoms. The Balaban J connectivity index is 2.79. The van der Waals surface area contributed by atoms with Crippen LogP contribution in [0.3, 0.4) is 0 Å². The van der Waals surface area contributed by atoms with Gasteiger partial charge in [0.15, 0.2) is 0 Å². The molecule has 4 amide bonds. The minimum absolute atomic E-state index is 0.107. The molecule has 0 spiro atoms. The SMILES string of the molecule is C[C@H](NC(=O)CC(N)N)C(=O)N[C@@H](CC(N)=O)C(=O)N[C@@H](Cc1cnc[nH]1)C(=O)O. The van der Waals surface area contributed by atoms with Gasteiger partial charge in [-0.15, -0.1) is 0 Å². The number of nitrogens with zero attached hydrogens (tertiary/aromatic N) is 1. The number of hydrogen-bond donors (Lipinski definition) is 8. The fourth-order valence-electron chi connectivity index (χ4n) is 2.38. The number of aromatic nitrogens is 2. The molecular weight excluding hydrogens is 400 g/mol. The van der Waals surface area contributed by atoms with Crippen molar-refractivity contribution in [2.24, 2.45) is 17.2 Å². The molecule has 30 heavy (non-hydrogen) atoms. The van der Waals surface area contributed by atoms with Crippen LogP contribution in [-0.2, 0) is 30.4 Å². The van der Waals surface area contributed by atoms with Crippen LogP contribution in [0.2, 0.25) is 0 Å². The number of aromatic amines is 1. The Morgan fingerprint density at radius 3 is 2.20 bits per heavy atom. The van der Waals surface area contributed by atoms with E-state index < -0.39 is 60.3 Å². The number of carboxylic acid groups (broad SMARTS) is 1. The van der Waals surface area contributed by atoms with Crippen LogP contribution in [0.25, 0.3) is 0 Å².